The molecule has 2 fully saturated rings. The van der Waals surface area contributed by atoms with E-state index in [9.17, 15) is 9.59 Å². The maximum Gasteiger partial charge on any atom is 0.263 e. The second-order valence-corrected chi connectivity index (χ2v) is 8.08. The summed E-state index contributed by atoms with van der Waals surface area (Å²) in [6.07, 6.45) is 10.7. The van der Waals surface area contributed by atoms with Gasteiger partial charge >= 0.3 is 0 Å². The van der Waals surface area contributed by atoms with Gasteiger partial charge in [0.25, 0.3) is 11.5 Å². The minimum Gasteiger partial charge on any atom is -0.365 e. The summed E-state index contributed by atoms with van der Waals surface area (Å²) in [5, 5.41) is 0.378. The highest BCUT2D eigenvalue weighted by molar-refractivity contribution is 6.30. The molecular formula is C19H28ClN3O2. The van der Waals surface area contributed by atoms with Gasteiger partial charge in [0.05, 0.1) is 5.02 Å². The lowest BCUT2D eigenvalue weighted by Gasteiger charge is -2.35. The maximum absolute atomic E-state index is 12.4. The van der Waals surface area contributed by atoms with Crippen LogP contribution in [0.3, 0.4) is 0 Å². The van der Waals surface area contributed by atoms with Crippen LogP contribution < -0.4 is 11.3 Å². The van der Waals surface area contributed by atoms with E-state index in [4.69, 9.17) is 17.3 Å². The number of piperidine rings is 1. The number of halogens is 1. The molecule has 0 unspecified atom stereocenters. The number of hydrogen-bond donors (Lipinski definition) is 1. The molecule has 3 rings (SSSR count). The van der Waals surface area contributed by atoms with Gasteiger partial charge in [-0.05, 0) is 56.7 Å². The summed E-state index contributed by atoms with van der Waals surface area (Å²) in [7, 11) is 0. The zero-order valence-electron chi connectivity index (χ0n) is 14.8. The minimum atomic E-state index is -0.719. The molecule has 1 aliphatic heterocycles. The summed E-state index contributed by atoms with van der Waals surface area (Å²) in [4.78, 5) is 26.3. The van der Waals surface area contributed by atoms with E-state index >= 15 is 0 Å². The van der Waals surface area contributed by atoms with Crippen molar-refractivity contribution in [3.05, 3.63) is 33.2 Å². The summed E-state index contributed by atoms with van der Waals surface area (Å²) in [6, 6.07) is 1.36. The highest BCUT2D eigenvalue weighted by atomic mass is 35.5. The molecule has 2 heterocycles. The first-order chi connectivity index (χ1) is 12.0. The Morgan fingerprint density at radius 2 is 1.72 bits per heavy atom. The number of pyridine rings is 1. The molecule has 0 aromatic carbocycles. The topological polar surface area (TPSA) is 68.3 Å². The second-order valence-electron chi connectivity index (χ2n) is 7.64. The second kappa shape index (κ2) is 8.37. The molecule has 1 saturated heterocycles. The van der Waals surface area contributed by atoms with Gasteiger partial charge in [-0.15, -0.1) is 0 Å². The molecule has 1 aromatic heterocycles. The number of hydrogen-bond acceptors (Lipinski definition) is 3. The number of nitrogens with two attached hydrogens (primary N) is 1. The Morgan fingerprint density at radius 3 is 2.36 bits per heavy atom. The first-order valence-electron chi connectivity index (χ1n) is 9.45. The van der Waals surface area contributed by atoms with Gasteiger partial charge in [0.15, 0.2) is 0 Å². The third-order valence-corrected chi connectivity index (χ3v) is 5.93. The highest BCUT2D eigenvalue weighted by Crippen LogP contribution is 2.26. The smallest absolute Gasteiger partial charge is 0.263 e. The SMILES string of the molecule is NC(=O)c1cc(Cl)cn(CC2CCN(CC3CCCCC3)CC2)c1=O. The van der Waals surface area contributed by atoms with Crippen molar-refractivity contribution in [2.24, 2.45) is 17.6 Å². The van der Waals surface area contributed by atoms with Crippen LogP contribution in [0, 0.1) is 11.8 Å². The molecule has 5 nitrogen and oxygen atoms in total. The first kappa shape index (κ1) is 18.5. The average Bonchev–Trinajstić information content (AvgIpc) is 2.60. The lowest BCUT2D eigenvalue weighted by Crippen LogP contribution is -2.39. The van der Waals surface area contributed by atoms with E-state index in [2.05, 4.69) is 4.90 Å². The molecule has 1 aromatic rings. The average molecular weight is 366 g/mol. The maximum atomic E-state index is 12.4. The fraction of sp³-hybridized carbons (Fsp3) is 0.684. The van der Waals surface area contributed by atoms with Crippen LogP contribution in [0.4, 0.5) is 0 Å². The van der Waals surface area contributed by atoms with Gasteiger partial charge in [0.1, 0.15) is 5.56 Å². The van der Waals surface area contributed by atoms with Crippen LogP contribution in [0.15, 0.2) is 17.1 Å². The first-order valence-corrected chi connectivity index (χ1v) is 9.83. The molecule has 138 valence electrons. The van der Waals surface area contributed by atoms with Crippen LogP contribution in [0.2, 0.25) is 5.02 Å². The van der Waals surface area contributed by atoms with E-state index in [0.29, 0.717) is 17.5 Å². The highest BCUT2D eigenvalue weighted by Gasteiger charge is 2.23. The summed E-state index contributed by atoms with van der Waals surface area (Å²) in [6.45, 7) is 4.03. The van der Waals surface area contributed by atoms with E-state index in [1.165, 1.54) is 44.7 Å². The Kier molecular flexibility index (Phi) is 6.18. The molecule has 0 radical (unpaired) electrons. The van der Waals surface area contributed by atoms with Crippen molar-refractivity contribution >= 4 is 17.5 Å². The number of aromatic nitrogens is 1. The summed E-state index contributed by atoms with van der Waals surface area (Å²) >= 11 is 6.04. The molecule has 2 aliphatic rings. The molecule has 1 aliphatic carbocycles. The Balaban J connectivity index is 1.55. The fourth-order valence-electron chi connectivity index (χ4n) is 4.28. The van der Waals surface area contributed by atoms with Gasteiger partial charge < -0.3 is 15.2 Å². The van der Waals surface area contributed by atoms with E-state index in [1.54, 1.807) is 10.8 Å². The van der Waals surface area contributed by atoms with Crippen LogP contribution in [0.25, 0.3) is 0 Å². The van der Waals surface area contributed by atoms with Crippen molar-refractivity contribution < 1.29 is 4.79 Å². The third kappa shape index (κ3) is 4.85. The number of carbonyl (C=O) groups is 1. The molecule has 1 amide bonds. The van der Waals surface area contributed by atoms with E-state index in [-0.39, 0.29) is 11.1 Å². The third-order valence-electron chi connectivity index (χ3n) is 5.72. The molecule has 25 heavy (non-hydrogen) atoms. The van der Waals surface area contributed by atoms with Gasteiger partial charge in [0, 0.05) is 19.3 Å². The molecule has 0 bridgehead atoms. The van der Waals surface area contributed by atoms with Crippen molar-refractivity contribution in [2.45, 2.75) is 51.5 Å². The number of likely N-dealkylation sites (tertiary alicyclic amines) is 1. The molecule has 6 heteroatoms. The normalized spacial score (nSPS) is 20.7. The van der Waals surface area contributed by atoms with Gasteiger partial charge in [-0.1, -0.05) is 30.9 Å². The van der Waals surface area contributed by atoms with Gasteiger partial charge in [-0.25, -0.2) is 0 Å². The zero-order chi connectivity index (χ0) is 17.8. The van der Waals surface area contributed by atoms with Gasteiger partial charge in [-0.3, -0.25) is 9.59 Å². The van der Waals surface area contributed by atoms with Gasteiger partial charge in [-0.2, -0.15) is 0 Å². The Morgan fingerprint density at radius 1 is 1.08 bits per heavy atom. The summed E-state index contributed by atoms with van der Waals surface area (Å²) in [5.74, 6) is 0.599. The van der Waals surface area contributed by atoms with Crippen molar-refractivity contribution in [1.82, 2.24) is 9.47 Å². The van der Waals surface area contributed by atoms with E-state index in [1.807, 2.05) is 0 Å². The van der Waals surface area contributed by atoms with Crippen LogP contribution in [-0.4, -0.2) is 35.0 Å². The van der Waals surface area contributed by atoms with E-state index in [0.717, 1.165) is 31.8 Å². The number of rotatable bonds is 5. The lowest BCUT2D eigenvalue weighted by atomic mass is 9.88. The van der Waals surface area contributed by atoms with Crippen molar-refractivity contribution in [1.29, 1.82) is 0 Å². The Hall–Kier alpha value is -1.33. The monoisotopic (exact) mass is 365 g/mol. The molecule has 0 spiro atoms. The minimum absolute atomic E-state index is 0.0257. The fourth-order valence-corrected chi connectivity index (χ4v) is 4.50. The Labute approximate surface area is 154 Å². The number of primary amides is 1. The molecular weight excluding hydrogens is 338 g/mol. The van der Waals surface area contributed by atoms with Crippen molar-refractivity contribution in [2.75, 3.05) is 19.6 Å². The Bertz CT molecular complexity index is 659. The lowest BCUT2D eigenvalue weighted by molar-refractivity contribution is 0.0997. The van der Waals surface area contributed by atoms with Crippen LogP contribution in [0.5, 0.6) is 0 Å². The summed E-state index contributed by atoms with van der Waals surface area (Å²) in [5.41, 5.74) is 4.92. The molecule has 2 N–H and O–H groups in total. The van der Waals surface area contributed by atoms with Gasteiger partial charge in [0.2, 0.25) is 0 Å². The quantitative estimate of drug-likeness (QED) is 0.872. The van der Waals surface area contributed by atoms with Crippen LogP contribution >= 0.6 is 11.6 Å². The molecule has 0 atom stereocenters. The zero-order valence-corrected chi connectivity index (χ0v) is 15.5. The largest absolute Gasteiger partial charge is 0.365 e. The standard InChI is InChI=1S/C19H28ClN3O2/c20-16-10-17(18(21)24)19(25)23(13-16)12-15-6-8-22(9-7-15)11-14-4-2-1-3-5-14/h10,13-15H,1-9,11-12H2,(H2,21,24). The number of amides is 1. The molecule has 1 saturated carbocycles. The predicted molar refractivity (Wildman–Crippen MR) is 100.0 cm³/mol. The van der Waals surface area contributed by atoms with Crippen molar-refractivity contribution in [3.8, 4) is 0 Å². The van der Waals surface area contributed by atoms with Crippen LogP contribution in [-0.2, 0) is 6.54 Å². The number of carbonyl (C=O) groups excluding carboxylic acids is 1. The van der Waals surface area contributed by atoms with Crippen molar-refractivity contribution in [3.63, 3.8) is 0 Å². The van der Waals surface area contributed by atoms with Crippen LogP contribution in [0.1, 0.15) is 55.3 Å². The number of nitrogens with zero attached hydrogens (tertiary/aromatic N) is 2. The summed E-state index contributed by atoms with van der Waals surface area (Å²) < 4.78 is 1.56. The predicted octanol–water partition coefficient (Wildman–Crippen LogP) is 2.89. The van der Waals surface area contributed by atoms with E-state index < -0.39 is 5.91 Å².